The molecule has 1 aromatic heterocycles. The average molecular weight is 361 g/mol. The molecular formula is C13H13F2N3OS3. The summed E-state index contributed by atoms with van der Waals surface area (Å²) in [6.07, 6.45) is 0.250. The summed E-state index contributed by atoms with van der Waals surface area (Å²) in [4.78, 5) is 12.4. The molecule has 118 valence electrons. The van der Waals surface area contributed by atoms with Crippen molar-refractivity contribution in [2.24, 2.45) is 0 Å². The standard InChI is InChI=1S/C13H13F2N3OS3/c1-2-20-13-18-17-12(22-13)16-11(19)5-6-21-8-3-4-9(14)10(15)7-8/h3-4,7H,2,5-6H2,1H3,(H,16,17,19). The van der Waals surface area contributed by atoms with Crippen molar-refractivity contribution in [1.82, 2.24) is 10.2 Å². The first-order chi connectivity index (χ1) is 10.6. The third-order valence-electron chi connectivity index (χ3n) is 2.41. The molecule has 0 bridgehead atoms. The smallest absolute Gasteiger partial charge is 0.227 e. The number of rotatable bonds is 7. The lowest BCUT2D eigenvalue weighted by molar-refractivity contribution is -0.115. The average Bonchev–Trinajstić information content (AvgIpc) is 2.90. The zero-order chi connectivity index (χ0) is 15.9. The Balaban J connectivity index is 1.76. The Labute approximate surface area is 139 Å². The minimum absolute atomic E-state index is 0.181. The number of aromatic nitrogens is 2. The Morgan fingerprint density at radius 2 is 2.09 bits per heavy atom. The molecule has 0 saturated carbocycles. The first-order valence-corrected chi connectivity index (χ1v) is 9.21. The van der Waals surface area contributed by atoms with Crippen LogP contribution in [0.5, 0.6) is 0 Å². The van der Waals surface area contributed by atoms with Gasteiger partial charge in [0.2, 0.25) is 11.0 Å². The van der Waals surface area contributed by atoms with Crippen molar-refractivity contribution in [2.45, 2.75) is 22.6 Å². The fraction of sp³-hybridized carbons (Fsp3) is 0.308. The van der Waals surface area contributed by atoms with E-state index in [0.29, 0.717) is 15.8 Å². The molecule has 0 atom stereocenters. The molecule has 2 rings (SSSR count). The van der Waals surface area contributed by atoms with Gasteiger partial charge in [-0.25, -0.2) is 8.78 Å². The Hall–Kier alpha value is -1.19. The second kappa shape index (κ2) is 8.44. The molecule has 0 aliphatic heterocycles. The molecule has 2 aromatic rings. The molecule has 9 heteroatoms. The molecule has 4 nitrogen and oxygen atoms in total. The van der Waals surface area contributed by atoms with E-state index in [-0.39, 0.29) is 12.3 Å². The lowest BCUT2D eigenvalue weighted by atomic mass is 10.3. The summed E-state index contributed by atoms with van der Waals surface area (Å²) in [5.41, 5.74) is 0. The monoisotopic (exact) mass is 361 g/mol. The predicted octanol–water partition coefficient (Wildman–Crippen LogP) is 4.05. The Bertz CT molecular complexity index is 651. The number of nitrogens with one attached hydrogen (secondary N) is 1. The summed E-state index contributed by atoms with van der Waals surface area (Å²) >= 11 is 4.19. The summed E-state index contributed by atoms with van der Waals surface area (Å²) in [7, 11) is 0. The van der Waals surface area contributed by atoms with Crippen LogP contribution in [0.2, 0.25) is 0 Å². The second-order valence-electron chi connectivity index (χ2n) is 4.03. The van der Waals surface area contributed by atoms with E-state index in [0.717, 1.165) is 22.2 Å². The highest BCUT2D eigenvalue weighted by Crippen LogP contribution is 2.25. The van der Waals surface area contributed by atoms with Gasteiger partial charge in [0.05, 0.1) is 0 Å². The van der Waals surface area contributed by atoms with Crippen LogP contribution < -0.4 is 5.32 Å². The SMILES string of the molecule is CCSc1nnc(NC(=O)CCSc2ccc(F)c(F)c2)s1. The van der Waals surface area contributed by atoms with Crippen molar-refractivity contribution in [1.29, 1.82) is 0 Å². The van der Waals surface area contributed by atoms with Crippen LogP contribution >= 0.6 is 34.9 Å². The topological polar surface area (TPSA) is 54.9 Å². The number of halogens is 2. The molecule has 1 heterocycles. The maximum absolute atomic E-state index is 13.0. The van der Waals surface area contributed by atoms with Gasteiger partial charge in [-0.1, -0.05) is 30.0 Å². The molecule has 0 aliphatic carbocycles. The zero-order valence-electron chi connectivity index (χ0n) is 11.6. The number of carbonyl (C=O) groups is 1. The fourth-order valence-corrected chi connectivity index (χ4v) is 3.99. The molecule has 1 amide bonds. The van der Waals surface area contributed by atoms with Crippen LogP contribution in [0.25, 0.3) is 0 Å². The van der Waals surface area contributed by atoms with Crippen molar-refractivity contribution in [2.75, 3.05) is 16.8 Å². The minimum Gasteiger partial charge on any atom is -0.300 e. The van der Waals surface area contributed by atoms with Gasteiger partial charge >= 0.3 is 0 Å². The number of nitrogens with zero attached hydrogens (tertiary/aromatic N) is 2. The predicted molar refractivity (Wildman–Crippen MR) is 86.6 cm³/mol. The molecule has 0 fully saturated rings. The van der Waals surface area contributed by atoms with Gasteiger partial charge in [0.25, 0.3) is 0 Å². The highest BCUT2D eigenvalue weighted by Gasteiger charge is 2.09. The van der Waals surface area contributed by atoms with Crippen molar-refractivity contribution in [3.05, 3.63) is 29.8 Å². The molecule has 0 spiro atoms. The molecule has 1 N–H and O–H groups in total. The van der Waals surface area contributed by atoms with Crippen LogP contribution in [0.3, 0.4) is 0 Å². The van der Waals surface area contributed by atoms with E-state index in [9.17, 15) is 13.6 Å². The van der Waals surface area contributed by atoms with Crippen LogP contribution in [0.1, 0.15) is 13.3 Å². The summed E-state index contributed by atoms with van der Waals surface area (Å²) in [5.74, 6) is -0.581. The van der Waals surface area contributed by atoms with E-state index in [2.05, 4.69) is 15.5 Å². The minimum atomic E-state index is -0.885. The summed E-state index contributed by atoms with van der Waals surface area (Å²) in [6, 6.07) is 3.68. The van der Waals surface area contributed by atoms with Gasteiger partial charge in [-0.05, 0) is 24.0 Å². The highest BCUT2D eigenvalue weighted by molar-refractivity contribution is 8.01. The number of anilines is 1. The van der Waals surface area contributed by atoms with E-state index in [4.69, 9.17) is 0 Å². The van der Waals surface area contributed by atoms with Crippen molar-refractivity contribution in [3.8, 4) is 0 Å². The normalized spacial score (nSPS) is 10.7. The second-order valence-corrected chi connectivity index (χ2v) is 7.69. The molecule has 0 saturated heterocycles. The van der Waals surface area contributed by atoms with Crippen LogP contribution in [0.4, 0.5) is 13.9 Å². The number of thioether (sulfide) groups is 2. The van der Waals surface area contributed by atoms with Gasteiger partial charge < -0.3 is 5.32 Å². The number of hydrogen-bond acceptors (Lipinski definition) is 6. The Kier molecular flexibility index (Phi) is 6.59. The molecular weight excluding hydrogens is 348 g/mol. The summed E-state index contributed by atoms with van der Waals surface area (Å²) in [5, 5.41) is 11.0. The largest absolute Gasteiger partial charge is 0.300 e. The molecule has 0 aliphatic rings. The summed E-state index contributed by atoms with van der Waals surface area (Å²) in [6.45, 7) is 2.01. The van der Waals surface area contributed by atoms with Crippen LogP contribution in [-0.2, 0) is 4.79 Å². The van der Waals surface area contributed by atoms with Crippen LogP contribution in [0, 0.1) is 11.6 Å². The lowest BCUT2D eigenvalue weighted by Crippen LogP contribution is -2.11. The Morgan fingerprint density at radius 1 is 1.27 bits per heavy atom. The first-order valence-electron chi connectivity index (χ1n) is 6.42. The first kappa shape index (κ1) is 17.2. The molecule has 22 heavy (non-hydrogen) atoms. The van der Waals surface area contributed by atoms with Gasteiger partial charge in [0.15, 0.2) is 16.0 Å². The van der Waals surface area contributed by atoms with Gasteiger partial charge in [0.1, 0.15) is 0 Å². The van der Waals surface area contributed by atoms with Gasteiger partial charge in [-0.15, -0.1) is 22.0 Å². The van der Waals surface area contributed by atoms with E-state index < -0.39 is 11.6 Å². The van der Waals surface area contributed by atoms with Gasteiger partial charge in [-0.3, -0.25) is 4.79 Å². The van der Waals surface area contributed by atoms with Crippen molar-refractivity contribution < 1.29 is 13.6 Å². The maximum atomic E-state index is 13.0. The number of amides is 1. The number of carbonyl (C=O) groups excluding carboxylic acids is 1. The molecule has 1 aromatic carbocycles. The number of benzene rings is 1. The lowest BCUT2D eigenvalue weighted by Gasteiger charge is -2.02. The quantitative estimate of drug-likeness (QED) is 0.596. The van der Waals surface area contributed by atoms with Crippen molar-refractivity contribution in [3.63, 3.8) is 0 Å². The summed E-state index contributed by atoms with van der Waals surface area (Å²) < 4.78 is 26.6. The van der Waals surface area contributed by atoms with Gasteiger partial charge in [-0.2, -0.15) is 0 Å². The highest BCUT2D eigenvalue weighted by atomic mass is 32.2. The van der Waals surface area contributed by atoms with Gasteiger partial charge in [0, 0.05) is 17.1 Å². The van der Waals surface area contributed by atoms with E-state index in [1.54, 1.807) is 11.8 Å². The van der Waals surface area contributed by atoms with E-state index >= 15 is 0 Å². The molecule has 0 unspecified atom stereocenters. The Morgan fingerprint density at radius 3 is 2.82 bits per heavy atom. The van der Waals surface area contributed by atoms with Crippen molar-refractivity contribution >= 4 is 45.9 Å². The van der Waals surface area contributed by atoms with E-state index in [1.807, 2.05) is 6.92 Å². The molecule has 0 radical (unpaired) electrons. The van der Waals surface area contributed by atoms with Crippen LogP contribution in [0.15, 0.2) is 27.4 Å². The zero-order valence-corrected chi connectivity index (χ0v) is 14.1. The maximum Gasteiger partial charge on any atom is 0.227 e. The third kappa shape index (κ3) is 5.22. The number of hydrogen-bond donors (Lipinski definition) is 1. The van der Waals surface area contributed by atoms with Crippen LogP contribution in [-0.4, -0.2) is 27.6 Å². The fourth-order valence-electron chi connectivity index (χ4n) is 1.45. The van der Waals surface area contributed by atoms with E-state index in [1.165, 1.54) is 29.2 Å². The third-order valence-corrected chi connectivity index (χ3v) is 5.26.